The molecule has 3 aromatic rings. The molecule has 4 nitrogen and oxygen atoms in total. The number of aromatic nitrogens is 2. The zero-order valence-electron chi connectivity index (χ0n) is 17.0. The lowest BCUT2D eigenvalue weighted by Crippen LogP contribution is -2.33. The van der Waals surface area contributed by atoms with Gasteiger partial charge >= 0.3 is 0 Å². The third kappa shape index (κ3) is 3.50. The second-order valence-corrected chi connectivity index (χ2v) is 8.74. The summed E-state index contributed by atoms with van der Waals surface area (Å²) in [7, 11) is 0. The Morgan fingerprint density at radius 2 is 2.04 bits per heavy atom. The minimum atomic E-state index is 0.638. The number of furan rings is 1. The smallest absolute Gasteiger partial charge is 0.134 e. The van der Waals surface area contributed by atoms with Crippen molar-refractivity contribution < 1.29 is 4.42 Å². The number of aryl methyl sites for hydroxylation is 3. The molecule has 0 atom stereocenters. The number of rotatable bonds is 5. The first-order valence-corrected chi connectivity index (χ1v) is 11.0. The summed E-state index contributed by atoms with van der Waals surface area (Å²) in [6.45, 7) is 5.76. The van der Waals surface area contributed by atoms with E-state index in [2.05, 4.69) is 40.2 Å². The fraction of sp³-hybridized carbons (Fsp3) is 0.542. The molecule has 0 saturated carbocycles. The monoisotopic (exact) mass is 377 g/mol. The zero-order chi connectivity index (χ0) is 18.9. The molecule has 1 saturated heterocycles. The van der Waals surface area contributed by atoms with Crippen LogP contribution < -0.4 is 0 Å². The van der Waals surface area contributed by atoms with Crippen LogP contribution in [-0.4, -0.2) is 34.7 Å². The van der Waals surface area contributed by atoms with Crippen LogP contribution in [0.25, 0.3) is 11.0 Å². The Bertz CT molecular complexity index is 946. The Hall–Kier alpha value is -2.07. The first kappa shape index (κ1) is 18.0. The van der Waals surface area contributed by atoms with Gasteiger partial charge in [0, 0.05) is 16.6 Å². The molecule has 4 heteroatoms. The lowest BCUT2D eigenvalue weighted by molar-refractivity contribution is 0.210. The number of aromatic amines is 1. The molecule has 3 heterocycles. The molecule has 1 aromatic carbocycles. The number of nitrogens with zero attached hydrogens (tertiary/aromatic N) is 2. The number of benzene rings is 1. The van der Waals surface area contributed by atoms with Gasteiger partial charge in [-0.05, 0) is 102 Å². The molecule has 0 bridgehead atoms. The van der Waals surface area contributed by atoms with Gasteiger partial charge in [0.2, 0.25) is 0 Å². The first-order chi connectivity index (χ1) is 13.8. The van der Waals surface area contributed by atoms with Gasteiger partial charge in [-0.15, -0.1) is 0 Å². The average Bonchev–Trinajstić information content (AvgIpc) is 3.33. The maximum Gasteiger partial charge on any atom is 0.134 e. The molecule has 148 valence electrons. The fourth-order valence-electron chi connectivity index (χ4n) is 5.17. The first-order valence-electron chi connectivity index (χ1n) is 11.0. The zero-order valence-corrected chi connectivity index (χ0v) is 17.0. The van der Waals surface area contributed by atoms with Gasteiger partial charge in [0.1, 0.15) is 5.58 Å². The van der Waals surface area contributed by atoms with Crippen molar-refractivity contribution in [2.75, 3.05) is 19.6 Å². The molecule has 1 fully saturated rings. The van der Waals surface area contributed by atoms with E-state index in [0.717, 1.165) is 12.0 Å². The highest BCUT2D eigenvalue weighted by atomic mass is 16.3. The number of hydrogen-bond donors (Lipinski definition) is 1. The van der Waals surface area contributed by atoms with E-state index in [-0.39, 0.29) is 0 Å². The summed E-state index contributed by atoms with van der Waals surface area (Å²) in [4.78, 5) is 2.65. The predicted molar refractivity (Wildman–Crippen MR) is 113 cm³/mol. The molecular formula is C24H31N3O. The molecule has 28 heavy (non-hydrogen) atoms. The van der Waals surface area contributed by atoms with Crippen LogP contribution in [-0.2, 0) is 19.3 Å². The van der Waals surface area contributed by atoms with E-state index in [0.29, 0.717) is 5.92 Å². The minimum absolute atomic E-state index is 0.638. The maximum atomic E-state index is 5.81. The van der Waals surface area contributed by atoms with Crippen LogP contribution in [0.5, 0.6) is 0 Å². The molecule has 1 N–H and O–H groups in total. The summed E-state index contributed by atoms with van der Waals surface area (Å²) in [6.07, 6.45) is 11.9. The van der Waals surface area contributed by atoms with E-state index in [1.165, 1.54) is 98.0 Å². The maximum absolute atomic E-state index is 5.81. The summed E-state index contributed by atoms with van der Waals surface area (Å²) in [5.74, 6) is 0.638. The number of nitrogens with one attached hydrogen (secondary N) is 1. The van der Waals surface area contributed by atoms with Crippen molar-refractivity contribution in [3.8, 4) is 0 Å². The average molecular weight is 378 g/mol. The van der Waals surface area contributed by atoms with Crippen LogP contribution in [0.2, 0.25) is 0 Å². The van der Waals surface area contributed by atoms with Crippen molar-refractivity contribution in [2.45, 2.75) is 64.2 Å². The van der Waals surface area contributed by atoms with Crippen molar-refractivity contribution in [3.05, 3.63) is 52.5 Å². The third-order valence-electron chi connectivity index (χ3n) is 6.82. The van der Waals surface area contributed by atoms with Gasteiger partial charge < -0.3 is 9.32 Å². The highest BCUT2D eigenvalue weighted by molar-refractivity contribution is 5.82. The molecule has 0 spiro atoms. The topological polar surface area (TPSA) is 45.1 Å². The Balaban J connectivity index is 1.14. The molecule has 2 aliphatic rings. The normalized spacial score (nSPS) is 18.6. The fourth-order valence-corrected chi connectivity index (χ4v) is 5.17. The quantitative estimate of drug-likeness (QED) is 0.668. The number of likely N-dealkylation sites (tertiary alicyclic amines) is 1. The lowest BCUT2D eigenvalue weighted by atomic mass is 9.89. The van der Waals surface area contributed by atoms with Gasteiger partial charge in [-0.25, -0.2) is 0 Å². The van der Waals surface area contributed by atoms with E-state index in [1.807, 2.05) is 6.26 Å². The number of H-pyrrole nitrogens is 1. The van der Waals surface area contributed by atoms with Gasteiger partial charge in [-0.1, -0.05) is 11.6 Å². The molecule has 5 rings (SSSR count). The van der Waals surface area contributed by atoms with Crippen LogP contribution in [0.15, 0.2) is 28.9 Å². The van der Waals surface area contributed by atoms with Crippen LogP contribution in [0, 0.1) is 6.92 Å². The molecule has 0 radical (unpaired) electrons. The highest BCUT2D eigenvalue weighted by Crippen LogP contribution is 2.35. The Kier molecular flexibility index (Phi) is 4.98. The standard InChI is InChI=1S/C24H31N3O/c1-17-8-9-24-20(15-17)21(16-28-24)18-10-13-27(14-11-18)12-4-7-23-19-5-2-3-6-22(19)25-26-23/h8-9,15-16,18H,2-7,10-14H2,1H3,(H,25,26). The van der Waals surface area contributed by atoms with E-state index in [9.17, 15) is 0 Å². The highest BCUT2D eigenvalue weighted by Gasteiger charge is 2.24. The molecule has 1 aliphatic heterocycles. The summed E-state index contributed by atoms with van der Waals surface area (Å²) in [5, 5.41) is 9.19. The summed E-state index contributed by atoms with van der Waals surface area (Å²) in [6, 6.07) is 6.53. The molecule has 1 aliphatic carbocycles. The summed E-state index contributed by atoms with van der Waals surface area (Å²) in [5.41, 5.74) is 8.04. The predicted octanol–water partition coefficient (Wildman–Crippen LogP) is 5.16. The third-order valence-corrected chi connectivity index (χ3v) is 6.82. The van der Waals surface area contributed by atoms with E-state index >= 15 is 0 Å². The van der Waals surface area contributed by atoms with Crippen LogP contribution in [0.3, 0.4) is 0 Å². The van der Waals surface area contributed by atoms with Crippen molar-refractivity contribution in [1.29, 1.82) is 0 Å². The SMILES string of the molecule is Cc1ccc2occ(C3CCN(CCCc4[nH]nc5c4CCCC5)CC3)c2c1. The summed E-state index contributed by atoms with van der Waals surface area (Å²) < 4.78 is 5.81. The second kappa shape index (κ2) is 7.75. The largest absolute Gasteiger partial charge is 0.464 e. The molecule has 0 amide bonds. The van der Waals surface area contributed by atoms with E-state index in [4.69, 9.17) is 4.42 Å². The molecular weight excluding hydrogens is 346 g/mol. The van der Waals surface area contributed by atoms with Crippen molar-refractivity contribution in [3.63, 3.8) is 0 Å². The minimum Gasteiger partial charge on any atom is -0.464 e. The lowest BCUT2D eigenvalue weighted by Gasteiger charge is -2.31. The number of hydrogen-bond acceptors (Lipinski definition) is 3. The molecule has 2 aromatic heterocycles. The molecule has 0 unspecified atom stereocenters. The second-order valence-electron chi connectivity index (χ2n) is 8.74. The number of fused-ring (bicyclic) bond motifs is 2. The Morgan fingerprint density at radius 1 is 1.18 bits per heavy atom. The van der Waals surface area contributed by atoms with Crippen molar-refractivity contribution in [1.82, 2.24) is 15.1 Å². The van der Waals surface area contributed by atoms with E-state index < -0.39 is 0 Å². The van der Waals surface area contributed by atoms with Crippen molar-refractivity contribution >= 4 is 11.0 Å². The van der Waals surface area contributed by atoms with E-state index in [1.54, 1.807) is 0 Å². The van der Waals surface area contributed by atoms with Crippen LogP contribution in [0.1, 0.15) is 66.1 Å². The van der Waals surface area contributed by atoms with Gasteiger partial charge in [-0.2, -0.15) is 5.10 Å². The van der Waals surface area contributed by atoms with Gasteiger partial charge in [0.05, 0.1) is 12.0 Å². The van der Waals surface area contributed by atoms with Crippen LogP contribution in [0.4, 0.5) is 0 Å². The Morgan fingerprint density at radius 3 is 2.93 bits per heavy atom. The van der Waals surface area contributed by atoms with Crippen LogP contribution >= 0.6 is 0 Å². The Labute approximate surface area is 167 Å². The van der Waals surface area contributed by atoms with Gasteiger partial charge in [0.25, 0.3) is 0 Å². The van der Waals surface area contributed by atoms with Gasteiger partial charge in [0.15, 0.2) is 0 Å². The van der Waals surface area contributed by atoms with Gasteiger partial charge in [-0.3, -0.25) is 5.10 Å². The summed E-state index contributed by atoms with van der Waals surface area (Å²) >= 11 is 0. The number of piperidine rings is 1. The van der Waals surface area contributed by atoms with Crippen molar-refractivity contribution in [2.24, 2.45) is 0 Å².